The third kappa shape index (κ3) is 3.38. The van der Waals surface area contributed by atoms with Crippen molar-refractivity contribution in [1.82, 2.24) is 0 Å². The Morgan fingerprint density at radius 3 is 2.70 bits per heavy atom. The van der Waals surface area contributed by atoms with E-state index in [0.717, 1.165) is 24.2 Å². The number of methoxy groups -OCH3 is 1. The van der Waals surface area contributed by atoms with Gasteiger partial charge in [-0.25, -0.2) is 0 Å². The van der Waals surface area contributed by atoms with Gasteiger partial charge in [0.25, 0.3) is 0 Å². The fourth-order valence-corrected chi connectivity index (χ4v) is 3.24. The van der Waals surface area contributed by atoms with Crippen LogP contribution in [0.5, 0.6) is 17.2 Å². The molecule has 2 aromatic rings. The predicted molar refractivity (Wildman–Crippen MR) is 101 cm³/mol. The summed E-state index contributed by atoms with van der Waals surface area (Å²) in [6, 6.07) is 10.7. The number of anilines is 1. The SMILES string of the molecule is COc1cc(/C=C/C(=O)c2ccc(N3CCCC3=O)cc2)cc2c1OCO2. The van der Waals surface area contributed by atoms with Gasteiger partial charge in [-0.2, -0.15) is 0 Å². The molecular formula is C21H19NO5. The van der Waals surface area contributed by atoms with Gasteiger partial charge in [0.2, 0.25) is 18.4 Å². The number of amides is 1. The molecule has 0 N–H and O–H groups in total. The van der Waals surface area contributed by atoms with Crippen LogP contribution in [0, 0.1) is 0 Å². The molecule has 0 radical (unpaired) electrons. The van der Waals surface area contributed by atoms with Gasteiger partial charge in [-0.15, -0.1) is 0 Å². The standard InChI is InChI=1S/C21H19NO5/c1-25-18-11-14(12-19-21(18)27-13-26-19)4-9-17(23)15-5-7-16(8-6-15)22-10-2-3-20(22)24/h4-9,11-12H,2-3,10,13H2,1H3/b9-4+. The lowest BCUT2D eigenvalue weighted by Gasteiger charge is -2.15. The molecule has 2 aliphatic rings. The molecule has 2 aromatic carbocycles. The second-order valence-electron chi connectivity index (χ2n) is 6.35. The Balaban J connectivity index is 1.50. The first-order valence-corrected chi connectivity index (χ1v) is 8.76. The fraction of sp³-hybridized carbons (Fsp3) is 0.238. The van der Waals surface area contributed by atoms with Gasteiger partial charge in [-0.3, -0.25) is 9.59 Å². The maximum absolute atomic E-state index is 12.4. The first-order chi connectivity index (χ1) is 13.2. The van der Waals surface area contributed by atoms with Gasteiger partial charge in [0.05, 0.1) is 7.11 Å². The van der Waals surface area contributed by atoms with Gasteiger partial charge in [-0.1, -0.05) is 6.08 Å². The molecule has 138 valence electrons. The van der Waals surface area contributed by atoms with Gasteiger partial charge in [-0.05, 0) is 54.5 Å². The summed E-state index contributed by atoms with van der Waals surface area (Å²) in [7, 11) is 1.56. The summed E-state index contributed by atoms with van der Waals surface area (Å²) in [4.78, 5) is 26.0. The van der Waals surface area contributed by atoms with Crippen molar-refractivity contribution in [2.24, 2.45) is 0 Å². The summed E-state index contributed by atoms with van der Waals surface area (Å²) in [5.74, 6) is 1.75. The minimum atomic E-state index is -0.120. The maximum atomic E-state index is 12.4. The molecule has 2 heterocycles. The Kier molecular flexibility index (Phi) is 4.54. The Morgan fingerprint density at radius 1 is 1.19 bits per heavy atom. The van der Waals surface area contributed by atoms with Crippen LogP contribution in [0.3, 0.4) is 0 Å². The van der Waals surface area contributed by atoms with Crippen molar-refractivity contribution in [1.29, 1.82) is 0 Å². The van der Waals surface area contributed by atoms with E-state index in [0.29, 0.717) is 29.2 Å². The average Bonchev–Trinajstić information content (AvgIpc) is 3.34. The van der Waals surface area contributed by atoms with E-state index in [1.165, 1.54) is 6.08 Å². The molecule has 0 atom stereocenters. The van der Waals surface area contributed by atoms with Crippen LogP contribution in [0.4, 0.5) is 5.69 Å². The zero-order valence-electron chi connectivity index (χ0n) is 14.9. The molecule has 1 amide bonds. The number of allylic oxidation sites excluding steroid dienone is 1. The summed E-state index contributed by atoms with van der Waals surface area (Å²) >= 11 is 0. The number of benzene rings is 2. The van der Waals surface area contributed by atoms with E-state index >= 15 is 0 Å². The van der Waals surface area contributed by atoms with E-state index in [2.05, 4.69) is 0 Å². The van der Waals surface area contributed by atoms with Crippen LogP contribution in [0.2, 0.25) is 0 Å². The van der Waals surface area contributed by atoms with E-state index < -0.39 is 0 Å². The largest absolute Gasteiger partial charge is 0.493 e. The molecule has 0 saturated carbocycles. The number of ketones is 1. The first kappa shape index (κ1) is 17.1. The number of fused-ring (bicyclic) bond motifs is 1. The van der Waals surface area contributed by atoms with Crippen molar-refractivity contribution in [3.8, 4) is 17.2 Å². The van der Waals surface area contributed by atoms with Crippen LogP contribution in [0.15, 0.2) is 42.5 Å². The van der Waals surface area contributed by atoms with Crippen molar-refractivity contribution in [3.63, 3.8) is 0 Å². The smallest absolute Gasteiger partial charge is 0.231 e. The summed E-state index contributed by atoms with van der Waals surface area (Å²) < 4.78 is 16.1. The number of carbonyl (C=O) groups is 2. The minimum Gasteiger partial charge on any atom is -0.493 e. The van der Waals surface area contributed by atoms with Gasteiger partial charge in [0, 0.05) is 24.2 Å². The van der Waals surface area contributed by atoms with Crippen LogP contribution in [-0.4, -0.2) is 32.1 Å². The maximum Gasteiger partial charge on any atom is 0.231 e. The van der Waals surface area contributed by atoms with Crippen molar-refractivity contribution in [2.45, 2.75) is 12.8 Å². The topological polar surface area (TPSA) is 65.1 Å². The summed E-state index contributed by atoms with van der Waals surface area (Å²) in [6.45, 7) is 0.891. The molecule has 1 saturated heterocycles. The number of hydrogen-bond acceptors (Lipinski definition) is 5. The highest BCUT2D eigenvalue weighted by molar-refractivity contribution is 6.07. The van der Waals surface area contributed by atoms with Crippen molar-refractivity contribution >= 4 is 23.5 Å². The van der Waals surface area contributed by atoms with Crippen molar-refractivity contribution < 1.29 is 23.8 Å². The average molecular weight is 365 g/mol. The third-order valence-electron chi connectivity index (χ3n) is 4.64. The number of ether oxygens (including phenoxy) is 3. The zero-order valence-corrected chi connectivity index (χ0v) is 14.9. The van der Waals surface area contributed by atoms with E-state index in [1.807, 2.05) is 12.1 Å². The number of nitrogens with zero attached hydrogens (tertiary/aromatic N) is 1. The van der Waals surface area contributed by atoms with Gasteiger partial charge in [0.15, 0.2) is 17.3 Å². The summed E-state index contributed by atoms with van der Waals surface area (Å²) in [5, 5.41) is 0. The second-order valence-corrected chi connectivity index (χ2v) is 6.35. The van der Waals surface area contributed by atoms with Gasteiger partial charge < -0.3 is 19.1 Å². The number of carbonyl (C=O) groups excluding carboxylic acids is 2. The summed E-state index contributed by atoms with van der Waals surface area (Å²) in [6.07, 6.45) is 4.68. The highest BCUT2D eigenvalue weighted by atomic mass is 16.7. The van der Waals surface area contributed by atoms with Gasteiger partial charge >= 0.3 is 0 Å². The normalized spacial score (nSPS) is 15.6. The second kappa shape index (κ2) is 7.15. The number of rotatable bonds is 5. The van der Waals surface area contributed by atoms with E-state index in [9.17, 15) is 9.59 Å². The lowest BCUT2D eigenvalue weighted by Crippen LogP contribution is -2.23. The highest BCUT2D eigenvalue weighted by Gasteiger charge is 2.22. The third-order valence-corrected chi connectivity index (χ3v) is 4.64. The fourth-order valence-electron chi connectivity index (χ4n) is 3.24. The van der Waals surface area contributed by atoms with E-state index in [-0.39, 0.29) is 18.5 Å². The molecule has 6 nitrogen and oxygen atoms in total. The molecule has 6 heteroatoms. The van der Waals surface area contributed by atoms with Crippen molar-refractivity contribution in [3.05, 3.63) is 53.6 Å². The Morgan fingerprint density at radius 2 is 2.00 bits per heavy atom. The minimum absolute atomic E-state index is 0.120. The zero-order chi connectivity index (χ0) is 18.8. The van der Waals surface area contributed by atoms with Crippen molar-refractivity contribution in [2.75, 3.05) is 25.3 Å². The van der Waals surface area contributed by atoms with Crippen LogP contribution < -0.4 is 19.1 Å². The van der Waals surface area contributed by atoms with Gasteiger partial charge in [0.1, 0.15) is 0 Å². The molecule has 27 heavy (non-hydrogen) atoms. The van der Waals surface area contributed by atoms with Crippen LogP contribution in [-0.2, 0) is 4.79 Å². The van der Waals surface area contributed by atoms with Crippen LogP contribution in [0.1, 0.15) is 28.8 Å². The molecule has 0 aromatic heterocycles. The predicted octanol–water partition coefficient (Wildman–Crippen LogP) is 3.45. The highest BCUT2D eigenvalue weighted by Crippen LogP contribution is 2.42. The Bertz CT molecular complexity index is 917. The molecule has 0 aliphatic carbocycles. The molecule has 0 unspecified atom stereocenters. The van der Waals surface area contributed by atoms with E-state index in [1.54, 1.807) is 42.4 Å². The molecule has 1 fully saturated rings. The lowest BCUT2D eigenvalue weighted by molar-refractivity contribution is -0.117. The first-order valence-electron chi connectivity index (χ1n) is 8.76. The Labute approximate surface area is 156 Å². The molecular weight excluding hydrogens is 346 g/mol. The quantitative estimate of drug-likeness (QED) is 0.600. The molecule has 2 aliphatic heterocycles. The molecule has 4 rings (SSSR count). The monoisotopic (exact) mass is 365 g/mol. The van der Waals surface area contributed by atoms with E-state index in [4.69, 9.17) is 14.2 Å². The molecule has 0 bridgehead atoms. The number of hydrogen-bond donors (Lipinski definition) is 0. The van der Waals surface area contributed by atoms with Crippen LogP contribution >= 0.6 is 0 Å². The van der Waals surface area contributed by atoms with Crippen LogP contribution in [0.25, 0.3) is 6.08 Å². The summed E-state index contributed by atoms with van der Waals surface area (Å²) in [5.41, 5.74) is 2.18. The lowest BCUT2D eigenvalue weighted by atomic mass is 10.1. The molecule has 0 spiro atoms. The Hall–Kier alpha value is -3.28.